The third-order valence-corrected chi connectivity index (χ3v) is 4.86. The zero-order valence-corrected chi connectivity index (χ0v) is 14.6. The van der Waals surface area contributed by atoms with Gasteiger partial charge in [-0.2, -0.15) is 5.10 Å². The molecule has 0 aliphatic carbocycles. The number of nitrogens with one attached hydrogen (secondary N) is 1. The van der Waals surface area contributed by atoms with Crippen LogP contribution >= 0.6 is 11.3 Å². The lowest BCUT2D eigenvalue weighted by molar-refractivity contribution is 0.102. The number of anilines is 1. The van der Waals surface area contributed by atoms with Crippen molar-refractivity contribution in [1.82, 2.24) is 24.7 Å². The summed E-state index contributed by atoms with van der Waals surface area (Å²) in [5.74, 6) is 0.739. The van der Waals surface area contributed by atoms with E-state index in [9.17, 15) is 4.79 Å². The Kier molecular flexibility index (Phi) is 4.24. The van der Waals surface area contributed by atoms with Crippen LogP contribution in [0.5, 0.6) is 0 Å². The molecule has 1 N–H and O–H groups in total. The Labute approximate surface area is 153 Å². The Hall–Kier alpha value is -3.39. The normalized spacial score (nSPS) is 10.7. The SMILES string of the molecule is Cc1nc(-c2ccccc2)sc1C(=O)Nc1cc(-n2cccn2)ncn1. The van der Waals surface area contributed by atoms with Crippen LogP contribution < -0.4 is 5.32 Å². The number of benzene rings is 1. The van der Waals surface area contributed by atoms with Gasteiger partial charge < -0.3 is 5.32 Å². The van der Waals surface area contributed by atoms with Gasteiger partial charge in [0, 0.05) is 24.0 Å². The molecule has 0 aliphatic heterocycles. The fourth-order valence-corrected chi connectivity index (χ4v) is 3.40. The van der Waals surface area contributed by atoms with Crippen molar-refractivity contribution in [1.29, 1.82) is 0 Å². The predicted octanol–water partition coefficient (Wildman–Crippen LogP) is 3.35. The number of carbonyl (C=O) groups is 1. The first-order chi connectivity index (χ1) is 12.7. The molecule has 7 nitrogen and oxygen atoms in total. The number of rotatable bonds is 4. The highest BCUT2D eigenvalue weighted by Gasteiger charge is 2.17. The van der Waals surface area contributed by atoms with Crippen molar-refractivity contribution >= 4 is 23.1 Å². The summed E-state index contributed by atoms with van der Waals surface area (Å²) in [4.78, 5) is 26.0. The lowest BCUT2D eigenvalue weighted by Gasteiger charge is -2.05. The average molecular weight is 362 g/mol. The fraction of sp³-hybridized carbons (Fsp3) is 0.0556. The number of thiazole rings is 1. The zero-order valence-electron chi connectivity index (χ0n) is 13.8. The summed E-state index contributed by atoms with van der Waals surface area (Å²) in [6.45, 7) is 1.83. The number of nitrogens with zero attached hydrogens (tertiary/aromatic N) is 5. The Bertz CT molecular complexity index is 1040. The van der Waals surface area contributed by atoms with Crippen LogP contribution in [-0.4, -0.2) is 30.6 Å². The van der Waals surface area contributed by atoms with Gasteiger partial charge in [0.2, 0.25) is 0 Å². The molecule has 3 aromatic heterocycles. The highest BCUT2D eigenvalue weighted by Crippen LogP contribution is 2.28. The van der Waals surface area contributed by atoms with Gasteiger partial charge in [-0.3, -0.25) is 4.79 Å². The van der Waals surface area contributed by atoms with Crippen molar-refractivity contribution in [2.75, 3.05) is 5.32 Å². The third-order valence-electron chi connectivity index (χ3n) is 3.66. The van der Waals surface area contributed by atoms with E-state index in [-0.39, 0.29) is 5.91 Å². The van der Waals surface area contributed by atoms with E-state index in [0.717, 1.165) is 10.6 Å². The Morgan fingerprint density at radius 3 is 2.77 bits per heavy atom. The van der Waals surface area contributed by atoms with E-state index in [4.69, 9.17) is 0 Å². The first kappa shape index (κ1) is 16.1. The van der Waals surface area contributed by atoms with E-state index in [1.165, 1.54) is 17.7 Å². The van der Waals surface area contributed by atoms with Gasteiger partial charge in [-0.1, -0.05) is 30.3 Å². The van der Waals surface area contributed by atoms with E-state index in [2.05, 4.69) is 25.4 Å². The van der Waals surface area contributed by atoms with Gasteiger partial charge in [0.25, 0.3) is 5.91 Å². The molecule has 1 amide bonds. The average Bonchev–Trinajstić information content (AvgIpc) is 3.32. The van der Waals surface area contributed by atoms with E-state index < -0.39 is 0 Å². The van der Waals surface area contributed by atoms with Gasteiger partial charge in [-0.05, 0) is 13.0 Å². The predicted molar refractivity (Wildman–Crippen MR) is 99.4 cm³/mol. The van der Waals surface area contributed by atoms with Crippen LogP contribution in [0.1, 0.15) is 15.4 Å². The maximum absolute atomic E-state index is 12.7. The summed E-state index contributed by atoms with van der Waals surface area (Å²) in [7, 11) is 0. The van der Waals surface area contributed by atoms with E-state index in [1.807, 2.05) is 37.3 Å². The highest BCUT2D eigenvalue weighted by atomic mass is 32.1. The lowest BCUT2D eigenvalue weighted by atomic mass is 10.2. The van der Waals surface area contributed by atoms with Crippen LogP contribution in [-0.2, 0) is 0 Å². The fourth-order valence-electron chi connectivity index (χ4n) is 2.43. The second-order valence-electron chi connectivity index (χ2n) is 5.47. The molecule has 3 heterocycles. The Morgan fingerprint density at radius 2 is 2.00 bits per heavy atom. The van der Waals surface area contributed by atoms with Gasteiger partial charge in [0.1, 0.15) is 22.0 Å². The van der Waals surface area contributed by atoms with Crippen molar-refractivity contribution in [3.63, 3.8) is 0 Å². The van der Waals surface area contributed by atoms with Gasteiger partial charge >= 0.3 is 0 Å². The number of aromatic nitrogens is 5. The van der Waals surface area contributed by atoms with Gasteiger partial charge in [0.05, 0.1) is 5.69 Å². The molecule has 4 aromatic rings. The number of amides is 1. The number of hydrogen-bond donors (Lipinski definition) is 1. The van der Waals surface area contributed by atoms with Crippen LogP contribution in [0.2, 0.25) is 0 Å². The van der Waals surface area contributed by atoms with Gasteiger partial charge in [0.15, 0.2) is 5.82 Å². The Balaban J connectivity index is 1.58. The van der Waals surface area contributed by atoms with Crippen LogP contribution in [0.4, 0.5) is 5.82 Å². The zero-order chi connectivity index (χ0) is 17.9. The molecule has 8 heteroatoms. The molecule has 128 valence electrons. The second-order valence-corrected chi connectivity index (χ2v) is 6.46. The molecule has 0 atom stereocenters. The molecule has 0 bridgehead atoms. The smallest absolute Gasteiger partial charge is 0.268 e. The van der Waals surface area contributed by atoms with Crippen molar-refractivity contribution in [3.8, 4) is 16.4 Å². The first-order valence-electron chi connectivity index (χ1n) is 7.87. The van der Waals surface area contributed by atoms with E-state index in [1.54, 1.807) is 29.2 Å². The first-order valence-corrected chi connectivity index (χ1v) is 8.68. The maximum Gasteiger partial charge on any atom is 0.268 e. The van der Waals surface area contributed by atoms with Gasteiger partial charge in [-0.15, -0.1) is 11.3 Å². The summed E-state index contributed by atoms with van der Waals surface area (Å²) in [6, 6.07) is 13.3. The molecule has 4 rings (SSSR count). The quantitative estimate of drug-likeness (QED) is 0.602. The largest absolute Gasteiger partial charge is 0.306 e. The Morgan fingerprint density at radius 1 is 1.15 bits per heavy atom. The van der Waals surface area contributed by atoms with Crippen LogP contribution in [0.25, 0.3) is 16.4 Å². The van der Waals surface area contributed by atoms with Crippen molar-refractivity contribution < 1.29 is 4.79 Å². The van der Waals surface area contributed by atoms with E-state index >= 15 is 0 Å². The number of hydrogen-bond acceptors (Lipinski definition) is 6. The summed E-state index contributed by atoms with van der Waals surface area (Å²) >= 11 is 1.36. The van der Waals surface area contributed by atoms with Crippen molar-refractivity contribution in [2.24, 2.45) is 0 Å². The van der Waals surface area contributed by atoms with Crippen LogP contribution in [0.15, 0.2) is 61.2 Å². The minimum Gasteiger partial charge on any atom is -0.306 e. The minimum atomic E-state index is -0.243. The topological polar surface area (TPSA) is 85.6 Å². The molecule has 0 aliphatic rings. The summed E-state index contributed by atoms with van der Waals surface area (Å²) in [5, 5.41) is 7.74. The monoisotopic (exact) mass is 362 g/mol. The minimum absolute atomic E-state index is 0.243. The van der Waals surface area contributed by atoms with E-state index in [0.29, 0.717) is 22.2 Å². The number of aryl methyl sites for hydroxylation is 1. The van der Waals surface area contributed by atoms with Crippen LogP contribution in [0, 0.1) is 6.92 Å². The lowest BCUT2D eigenvalue weighted by Crippen LogP contribution is -2.13. The molecular formula is C18H14N6OS. The van der Waals surface area contributed by atoms with Crippen molar-refractivity contribution in [3.05, 3.63) is 71.8 Å². The molecule has 0 saturated heterocycles. The summed E-state index contributed by atoms with van der Waals surface area (Å²) in [6.07, 6.45) is 4.82. The van der Waals surface area contributed by atoms with Crippen molar-refractivity contribution in [2.45, 2.75) is 6.92 Å². The number of carbonyl (C=O) groups excluding carboxylic acids is 1. The highest BCUT2D eigenvalue weighted by molar-refractivity contribution is 7.17. The molecule has 0 unspecified atom stereocenters. The molecule has 0 radical (unpaired) electrons. The van der Waals surface area contributed by atoms with Crippen LogP contribution in [0.3, 0.4) is 0 Å². The molecule has 26 heavy (non-hydrogen) atoms. The van der Waals surface area contributed by atoms with Gasteiger partial charge in [-0.25, -0.2) is 19.6 Å². The molecule has 0 spiro atoms. The third kappa shape index (κ3) is 3.22. The maximum atomic E-state index is 12.7. The standard InChI is InChI=1S/C18H14N6OS/c1-12-16(26-18(22-12)13-6-3-2-4-7-13)17(25)23-14-10-15(20-11-19-14)24-9-5-8-21-24/h2-11H,1H3,(H,19,20,23,25). The summed E-state index contributed by atoms with van der Waals surface area (Å²) in [5.41, 5.74) is 1.68. The second kappa shape index (κ2) is 6.85. The molecule has 0 saturated carbocycles. The molecule has 0 fully saturated rings. The summed E-state index contributed by atoms with van der Waals surface area (Å²) < 4.78 is 1.60. The molecular weight excluding hydrogens is 348 g/mol. The molecule has 1 aromatic carbocycles.